The molecule has 1 aliphatic rings. The predicted molar refractivity (Wildman–Crippen MR) is 134 cm³/mol. The van der Waals surface area contributed by atoms with Gasteiger partial charge in [-0.3, -0.25) is 9.59 Å². The standard InChI is InChI=1S/C28H31N3O2/c1-3-21-11-13-23(14-12-21)27(32)30-24-15-16-26(31-17-7-8-18-31)25(19-24)28(33)29-20(2)22-9-5-4-6-10-22/h4-6,9-16,19-20H,3,7-8,17-18H2,1-2H3,(H,29,33)(H,30,32). The van der Waals surface area contributed by atoms with Gasteiger partial charge >= 0.3 is 0 Å². The molecule has 0 spiro atoms. The first-order valence-electron chi connectivity index (χ1n) is 11.7. The zero-order valence-electron chi connectivity index (χ0n) is 19.3. The van der Waals surface area contributed by atoms with Crippen molar-refractivity contribution in [3.05, 3.63) is 95.1 Å². The van der Waals surface area contributed by atoms with Crippen LogP contribution in [0.4, 0.5) is 11.4 Å². The number of anilines is 2. The molecular formula is C28H31N3O2. The summed E-state index contributed by atoms with van der Waals surface area (Å²) < 4.78 is 0. The van der Waals surface area contributed by atoms with Crippen molar-refractivity contribution >= 4 is 23.2 Å². The Hall–Kier alpha value is -3.60. The van der Waals surface area contributed by atoms with E-state index in [2.05, 4.69) is 22.5 Å². The summed E-state index contributed by atoms with van der Waals surface area (Å²) in [5, 5.41) is 6.08. The molecule has 2 N–H and O–H groups in total. The third-order valence-corrected chi connectivity index (χ3v) is 6.22. The fraction of sp³-hybridized carbons (Fsp3) is 0.286. The van der Waals surface area contributed by atoms with Crippen molar-refractivity contribution < 1.29 is 9.59 Å². The van der Waals surface area contributed by atoms with Gasteiger partial charge in [-0.1, -0.05) is 49.4 Å². The van der Waals surface area contributed by atoms with Crippen LogP contribution in [0.25, 0.3) is 0 Å². The van der Waals surface area contributed by atoms with E-state index in [0.717, 1.165) is 43.6 Å². The Morgan fingerprint density at radius 2 is 1.61 bits per heavy atom. The van der Waals surface area contributed by atoms with Crippen LogP contribution in [0.1, 0.15) is 64.6 Å². The lowest BCUT2D eigenvalue weighted by atomic mass is 10.1. The second kappa shape index (κ2) is 10.3. The fourth-order valence-electron chi connectivity index (χ4n) is 4.22. The molecule has 0 radical (unpaired) electrons. The van der Waals surface area contributed by atoms with Crippen molar-refractivity contribution in [3.63, 3.8) is 0 Å². The van der Waals surface area contributed by atoms with Crippen LogP contribution in [0.3, 0.4) is 0 Å². The van der Waals surface area contributed by atoms with Crippen molar-refractivity contribution in [1.82, 2.24) is 5.32 Å². The SMILES string of the molecule is CCc1ccc(C(=O)Nc2ccc(N3CCCC3)c(C(=O)NC(C)c3ccccc3)c2)cc1. The van der Waals surface area contributed by atoms with Gasteiger partial charge in [-0.25, -0.2) is 0 Å². The molecule has 0 aromatic heterocycles. The van der Waals surface area contributed by atoms with Gasteiger partial charge in [0.15, 0.2) is 0 Å². The maximum Gasteiger partial charge on any atom is 0.255 e. The summed E-state index contributed by atoms with van der Waals surface area (Å²) in [5.41, 5.74) is 4.94. The molecule has 3 aromatic rings. The van der Waals surface area contributed by atoms with E-state index < -0.39 is 0 Å². The van der Waals surface area contributed by atoms with Gasteiger partial charge in [-0.15, -0.1) is 0 Å². The lowest BCUT2D eigenvalue weighted by Crippen LogP contribution is -2.29. The summed E-state index contributed by atoms with van der Waals surface area (Å²) in [5.74, 6) is -0.327. The van der Waals surface area contributed by atoms with Crippen LogP contribution in [0.2, 0.25) is 0 Å². The molecule has 3 aromatic carbocycles. The molecule has 1 aliphatic heterocycles. The van der Waals surface area contributed by atoms with E-state index >= 15 is 0 Å². The number of nitrogens with one attached hydrogen (secondary N) is 2. The number of rotatable bonds is 7. The lowest BCUT2D eigenvalue weighted by molar-refractivity contribution is 0.0939. The highest BCUT2D eigenvalue weighted by atomic mass is 16.2. The van der Waals surface area contributed by atoms with Crippen molar-refractivity contribution in [3.8, 4) is 0 Å². The average Bonchev–Trinajstić information content (AvgIpc) is 3.39. The Morgan fingerprint density at radius 3 is 2.27 bits per heavy atom. The van der Waals surface area contributed by atoms with E-state index in [0.29, 0.717) is 16.8 Å². The molecule has 4 rings (SSSR count). The third kappa shape index (κ3) is 5.43. The molecule has 1 heterocycles. The smallest absolute Gasteiger partial charge is 0.255 e. The number of carbonyl (C=O) groups excluding carboxylic acids is 2. The van der Waals surface area contributed by atoms with Gasteiger partial charge in [-0.05, 0) is 67.6 Å². The molecular weight excluding hydrogens is 410 g/mol. The topological polar surface area (TPSA) is 61.4 Å². The first-order chi connectivity index (χ1) is 16.0. The van der Waals surface area contributed by atoms with Gasteiger partial charge in [0.25, 0.3) is 11.8 Å². The number of aryl methyl sites for hydroxylation is 1. The van der Waals surface area contributed by atoms with Gasteiger partial charge in [0, 0.05) is 30.0 Å². The first kappa shape index (κ1) is 22.6. The van der Waals surface area contributed by atoms with Crippen LogP contribution >= 0.6 is 0 Å². The Balaban J connectivity index is 1.57. The van der Waals surface area contributed by atoms with Crippen molar-refractivity contribution in [2.24, 2.45) is 0 Å². The van der Waals surface area contributed by atoms with Crippen LogP contribution in [0.5, 0.6) is 0 Å². The Labute approximate surface area is 195 Å². The summed E-state index contributed by atoms with van der Waals surface area (Å²) in [6.07, 6.45) is 3.17. The van der Waals surface area contributed by atoms with Gasteiger partial charge in [0.1, 0.15) is 0 Å². The summed E-state index contributed by atoms with van der Waals surface area (Å²) in [4.78, 5) is 28.4. The molecule has 5 heteroatoms. The highest BCUT2D eigenvalue weighted by Crippen LogP contribution is 2.28. The molecule has 33 heavy (non-hydrogen) atoms. The summed E-state index contributed by atoms with van der Waals surface area (Å²) in [6, 6.07) is 23.0. The molecule has 5 nitrogen and oxygen atoms in total. The second-order valence-corrected chi connectivity index (χ2v) is 8.54. The maximum atomic E-state index is 13.3. The number of benzene rings is 3. The van der Waals surface area contributed by atoms with Crippen LogP contribution in [0.15, 0.2) is 72.8 Å². The highest BCUT2D eigenvalue weighted by Gasteiger charge is 2.22. The molecule has 1 unspecified atom stereocenters. The lowest BCUT2D eigenvalue weighted by Gasteiger charge is -2.23. The van der Waals surface area contributed by atoms with E-state index in [-0.39, 0.29) is 17.9 Å². The number of carbonyl (C=O) groups is 2. The normalized spacial score (nSPS) is 14.1. The average molecular weight is 442 g/mol. The van der Waals surface area contributed by atoms with E-state index in [4.69, 9.17) is 0 Å². The molecule has 0 saturated carbocycles. The molecule has 1 atom stereocenters. The van der Waals surface area contributed by atoms with Gasteiger partial charge in [0.05, 0.1) is 11.6 Å². The molecule has 2 amide bonds. The summed E-state index contributed by atoms with van der Waals surface area (Å²) in [7, 11) is 0. The van der Waals surface area contributed by atoms with Crippen LogP contribution < -0.4 is 15.5 Å². The van der Waals surface area contributed by atoms with E-state index in [9.17, 15) is 9.59 Å². The Morgan fingerprint density at radius 1 is 0.909 bits per heavy atom. The molecule has 1 saturated heterocycles. The second-order valence-electron chi connectivity index (χ2n) is 8.54. The Kier molecular flexibility index (Phi) is 7.08. The zero-order valence-corrected chi connectivity index (χ0v) is 19.3. The minimum atomic E-state index is -0.185. The largest absolute Gasteiger partial charge is 0.371 e. The van der Waals surface area contributed by atoms with Crippen molar-refractivity contribution in [1.29, 1.82) is 0 Å². The Bertz CT molecular complexity index is 1100. The van der Waals surface area contributed by atoms with Crippen LogP contribution in [0, 0.1) is 0 Å². The van der Waals surface area contributed by atoms with Crippen molar-refractivity contribution in [2.45, 2.75) is 39.2 Å². The third-order valence-electron chi connectivity index (χ3n) is 6.22. The molecule has 0 bridgehead atoms. The van der Waals surface area contributed by atoms with Gasteiger partial charge < -0.3 is 15.5 Å². The highest BCUT2D eigenvalue weighted by molar-refractivity contribution is 6.06. The minimum absolute atomic E-state index is 0.125. The van der Waals surface area contributed by atoms with Gasteiger partial charge in [0.2, 0.25) is 0 Å². The zero-order chi connectivity index (χ0) is 23.2. The fourth-order valence-corrected chi connectivity index (χ4v) is 4.22. The van der Waals surface area contributed by atoms with Gasteiger partial charge in [-0.2, -0.15) is 0 Å². The number of nitrogens with zero attached hydrogens (tertiary/aromatic N) is 1. The predicted octanol–water partition coefficient (Wildman–Crippen LogP) is 5.59. The van der Waals surface area contributed by atoms with Crippen LogP contribution in [-0.4, -0.2) is 24.9 Å². The molecule has 0 aliphatic carbocycles. The van der Waals surface area contributed by atoms with Crippen molar-refractivity contribution in [2.75, 3.05) is 23.3 Å². The minimum Gasteiger partial charge on any atom is -0.371 e. The molecule has 170 valence electrons. The summed E-state index contributed by atoms with van der Waals surface area (Å²) in [6.45, 7) is 5.94. The monoisotopic (exact) mass is 441 g/mol. The first-order valence-corrected chi connectivity index (χ1v) is 11.7. The maximum absolute atomic E-state index is 13.3. The quantitative estimate of drug-likeness (QED) is 0.502. The van der Waals surface area contributed by atoms with E-state index in [1.54, 1.807) is 6.07 Å². The van der Waals surface area contributed by atoms with E-state index in [1.165, 1.54) is 5.56 Å². The number of amides is 2. The van der Waals surface area contributed by atoms with E-state index in [1.807, 2.05) is 73.7 Å². The number of hydrogen-bond acceptors (Lipinski definition) is 3. The summed E-state index contributed by atoms with van der Waals surface area (Å²) >= 11 is 0. The number of hydrogen-bond donors (Lipinski definition) is 2. The molecule has 1 fully saturated rings. The van der Waals surface area contributed by atoms with Crippen LogP contribution in [-0.2, 0) is 6.42 Å².